The number of carbonyl (C=O) groups excluding carboxylic acids is 1. The highest BCUT2D eigenvalue weighted by molar-refractivity contribution is 7.16. The number of aryl methyl sites for hydroxylation is 1. The van der Waals surface area contributed by atoms with Gasteiger partial charge in [-0.15, -0.1) is 21.5 Å². The number of fused-ring (bicyclic) bond motifs is 2. The fraction of sp³-hybridized carbons (Fsp3) is 0.425. The van der Waals surface area contributed by atoms with Gasteiger partial charge >= 0.3 is 5.97 Å². The minimum absolute atomic E-state index is 0.311. The van der Waals surface area contributed by atoms with Gasteiger partial charge < -0.3 is 19.1 Å². The molecule has 290 valence electrons. The molecule has 0 spiro atoms. The molecule has 15 heteroatoms. The first kappa shape index (κ1) is 40.6. The lowest BCUT2D eigenvalue weighted by atomic mass is 10.0. The Morgan fingerprint density at radius 3 is 2.69 bits per heavy atom. The van der Waals surface area contributed by atoms with Gasteiger partial charge in [-0.3, -0.25) is 9.47 Å². The van der Waals surface area contributed by atoms with Crippen molar-refractivity contribution >= 4 is 75.3 Å². The standard InChI is InChI=1S/C40H48ClN7O4S2Si/c1-27-29-14-11-21-47(37(29)45-44-36(27)43-40-48(26-51-23-24-55(5,6)7)31-15-8-9-16-33(31)53-40)39-42-35(38(49)50-4)34(54-39)17-12-22-52-32-19-18-28(25-30(32)41)13-10-20-46(2)3/h8-9,15-16,18-19,25H,11-12,14,17,20-24,26H2,1-7H3. The highest BCUT2D eigenvalue weighted by atomic mass is 35.5. The largest absolute Gasteiger partial charge is 0.492 e. The van der Waals surface area contributed by atoms with Crippen LogP contribution in [0.25, 0.3) is 10.2 Å². The molecule has 0 saturated heterocycles. The number of esters is 1. The predicted molar refractivity (Wildman–Crippen MR) is 225 cm³/mol. The number of methoxy groups -OCH3 is 1. The van der Waals surface area contributed by atoms with Gasteiger partial charge in [-0.25, -0.2) is 9.78 Å². The number of nitrogens with zero attached hydrogens (tertiary/aromatic N) is 7. The molecule has 1 aliphatic rings. The van der Waals surface area contributed by atoms with Crippen molar-refractivity contribution in [1.82, 2.24) is 24.6 Å². The minimum atomic E-state index is -1.21. The normalized spacial score (nSPS) is 13.3. The number of aromatic nitrogens is 4. The summed E-state index contributed by atoms with van der Waals surface area (Å²) in [6, 6.07) is 15.0. The summed E-state index contributed by atoms with van der Waals surface area (Å²) < 4.78 is 20.6. The Kier molecular flexibility index (Phi) is 13.4. The molecule has 3 aromatic heterocycles. The Hall–Kier alpha value is -4.10. The third-order valence-electron chi connectivity index (χ3n) is 9.03. The Labute approximate surface area is 337 Å². The smallest absolute Gasteiger partial charge is 0.357 e. The summed E-state index contributed by atoms with van der Waals surface area (Å²) in [5, 5.41) is 10.6. The van der Waals surface area contributed by atoms with Crippen molar-refractivity contribution in [2.45, 2.75) is 65.0 Å². The van der Waals surface area contributed by atoms with Crippen LogP contribution in [0.1, 0.15) is 44.9 Å². The first-order chi connectivity index (χ1) is 26.4. The molecule has 0 saturated carbocycles. The third-order valence-corrected chi connectivity index (χ3v) is 13.2. The van der Waals surface area contributed by atoms with E-state index in [-0.39, 0.29) is 0 Å². The monoisotopic (exact) mass is 817 g/mol. The molecule has 0 fully saturated rings. The molecule has 0 radical (unpaired) electrons. The van der Waals surface area contributed by atoms with Crippen LogP contribution in [0.15, 0.2) is 47.5 Å². The van der Waals surface area contributed by atoms with Crippen LogP contribution in [-0.4, -0.2) is 86.2 Å². The fourth-order valence-corrected chi connectivity index (χ4v) is 9.14. The van der Waals surface area contributed by atoms with Gasteiger partial charge in [-0.05, 0) is 83.1 Å². The van der Waals surface area contributed by atoms with Gasteiger partial charge in [-0.1, -0.05) is 66.6 Å². The SMILES string of the molecule is COC(=O)c1nc(N2CCCc3c2nnc(N=c2sc4ccccc4n2COCC[Si](C)(C)C)c3C)sc1CCCOc1ccc(C#CCN(C)C)cc1Cl. The van der Waals surface area contributed by atoms with Gasteiger partial charge in [0.1, 0.15) is 12.5 Å². The molecule has 0 unspecified atom stereocenters. The molecule has 6 rings (SSSR count). The molecule has 0 bridgehead atoms. The second-order valence-electron chi connectivity index (χ2n) is 14.8. The average molecular weight is 819 g/mol. The number of hydrogen-bond donors (Lipinski definition) is 0. The molecular formula is C40H48ClN7O4S2Si. The van der Waals surface area contributed by atoms with Crippen LogP contribution in [0.4, 0.5) is 16.8 Å². The zero-order valence-electron chi connectivity index (χ0n) is 32.6. The van der Waals surface area contributed by atoms with Crippen molar-refractivity contribution in [3.05, 3.63) is 79.6 Å². The zero-order valence-corrected chi connectivity index (χ0v) is 36.0. The van der Waals surface area contributed by atoms with Crippen LogP contribution in [0, 0.1) is 18.8 Å². The highest BCUT2D eigenvalue weighted by Crippen LogP contribution is 2.39. The van der Waals surface area contributed by atoms with E-state index in [1.165, 1.54) is 18.4 Å². The average Bonchev–Trinajstić information content (AvgIpc) is 3.74. The topological polar surface area (TPSA) is 107 Å². The molecule has 1 aliphatic heterocycles. The van der Waals surface area contributed by atoms with E-state index in [9.17, 15) is 4.79 Å². The Bertz CT molecular complexity index is 2290. The quantitative estimate of drug-likeness (QED) is 0.0474. The Morgan fingerprint density at radius 1 is 1.11 bits per heavy atom. The van der Waals surface area contributed by atoms with E-state index in [0.717, 1.165) is 67.9 Å². The van der Waals surface area contributed by atoms with Crippen molar-refractivity contribution in [2.24, 2.45) is 4.99 Å². The number of anilines is 2. The number of halogens is 1. The summed E-state index contributed by atoms with van der Waals surface area (Å²) in [5.74, 6) is 7.69. The van der Waals surface area contributed by atoms with Crippen LogP contribution in [0.5, 0.6) is 5.75 Å². The summed E-state index contributed by atoms with van der Waals surface area (Å²) in [4.78, 5) is 28.5. The maximum absolute atomic E-state index is 12.9. The molecule has 0 amide bonds. The Balaban J connectivity index is 1.19. The van der Waals surface area contributed by atoms with E-state index >= 15 is 0 Å². The molecule has 0 atom stereocenters. The summed E-state index contributed by atoms with van der Waals surface area (Å²) >= 11 is 9.59. The molecule has 55 heavy (non-hydrogen) atoms. The number of rotatable bonds is 14. The number of ether oxygens (including phenoxy) is 3. The summed E-state index contributed by atoms with van der Waals surface area (Å²) in [5.41, 5.74) is 4.29. The lowest BCUT2D eigenvalue weighted by Crippen LogP contribution is -2.27. The lowest BCUT2D eigenvalue weighted by molar-refractivity contribution is 0.0593. The van der Waals surface area contributed by atoms with E-state index in [1.54, 1.807) is 11.3 Å². The van der Waals surface area contributed by atoms with E-state index in [1.807, 2.05) is 49.3 Å². The van der Waals surface area contributed by atoms with Crippen LogP contribution in [0.2, 0.25) is 30.7 Å². The number of hydrogen-bond acceptors (Lipinski definition) is 12. The van der Waals surface area contributed by atoms with Crippen molar-refractivity contribution in [1.29, 1.82) is 0 Å². The van der Waals surface area contributed by atoms with Crippen molar-refractivity contribution in [3.63, 3.8) is 0 Å². The molecule has 11 nitrogen and oxygen atoms in total. The van der Waals surface area contributed by atoms with Gasteiger partial charge in [0.25, 0.3) is 0 Å². The first-order valence-electron chi connectivity index (χ1n) is 18.4. The van der Waals surface area contributed by atoms with E-state index in [2.05, 4.69) is 65.1 Å². The molecule has 2 aromatic carbocycles. The van der Waals surface area contributed by atoms with Crippen LogP contribution in [-0.2, 0) is 29.0 Å². The van der Waals surface area contributed by atoms with Gasteiger partial charge in [0.05, 0.1) is 35.5 Å². The molecule has 4 heterocycles. The molecule has 0 aliphatic carbocycles. The summed E-state index contributed by atoms with van der Waals surface area (Å²) in [7, 11) is 4.11. The van der Waals surface area contributed by atoms with Gasteiger partial charge in [-0.2, -0.15) is 4.99 Å². The van der Waals surface area contributed by atoms with E-state index in [4.69, 9.17) is 40.9 Å². The van der Waals surface area contributed by atoms with E-state index in [0.29, 0.717) is 66.7 Å². The fourth-order valence-electron chi connectivity index (χ4n) is 6.01. The molecule has 5 aromatic rings. The second kappa shape index (κ2) is 18.2. The summed E-state index contributed by atoms with van der Waals surface area (Å²) in [6.07, 6.45) is 2.96. The second-order valence-corrected chi connectivity index (χ2v) is 22.9. The predicted octanol–water partition coefficient (Wildman–Crippen LogP) is 8.25. The van der Waals surface area contributed by atoms with Crippen molar-refractivity contribution < 1.29 is 19.0 Å². The van der Waals surface area contributed by atoms with Crippen LogP contribution < -0.4 is 14.4 Å². The van der Waals surface area contributed by atoms with Gasteiger partial charge in [0, 0.05) is 42.8 Å². The molecule has 0 N–H and O–H groups in total. The lowest BCUT2D eigenvalue weighted by Gasteiger charge is -2.28. The number of para-hydroxylation sites is 1. The van der Waals surface area contributed by atoms with Gasteiger partial charge in [0.15, 0.2) is 27.3 Å². The molecular weight excluding hydrogens is 770 g/mol. The van der Waals surface area contributed by atoms with Crippen molar-refractivity contribution in [2.75, 3.05) is 52.4 Å². The van der Waals surface area contributed by atoms with Gasteiger partial charge in [0.2, 0.25) is 0 Å². The first-order valence-corrected chi connectivity index (χ1v) is 24.1. The maximum Gasteiger partial charge on any atom is 0.357 e. The third kappa shape index (κ3) is 10.2. The number of benzene rings is 2. The number of carbonyl (C=O) groups is 1. The highest BCUT2D eigenvalue weighted by Gasteiger charge is 2.29. The van der Waals surface area contributed by atoms with Crippen LogP contribution >= 0.6 is 34.3 Å². The maximum atomic E-state index is 12.9. The Morgan fingerprint density at radius 2 is 1.93 bits per heavy atom. The van der Waals surface area contributed by atoms with E-state index < -0.39 is 14.0 Å². The number of thiazole rings is 2. The minimum Gasteiger partial charge on any atom is -0.492 e. The summed E-state index contributed by atoms with van der Waals surface area (Å²) in [6.45, 7) is 12.1. The zero-order chi connectivity index (χ0) is 39.1. The van der Waals surface area contributed by atoms with Crippen molar-refractivity contribution in [3.8, 4) is 17.6 Å². The van der Waals surface area contributed by atoms with Crippen LogP contribution in [0.3, 0.4) is 0 Å².